The van der Waals surface area contributed by atoms with Crippen molar-refractivity contribution in [3.8, 4) is 17.7 Å². The van der Waals surface area contributed by atoms with E-state index < -0.39 is 6.10 Å². The van der Waals surface area contributed by atoms with Crippen LogP contribution in [0.4, 0.5) is 0 Å². The maximum Gasteiger partial charge on any atom is 0.259 e. The van der Waals surface area contributed by atoms with Gasteiger partial charge in [-0.15, -0.1) is 0 Å². The van der Waals surface area contributed by atoms with Crippen molar-refractivity contribution in [2.45, 2.75) is 38.8 Å². The summed E-state index contributed by atoms with van der Waals surface area (Å²) in [5, 5.41) is 9.80. The Morgan fingerprint density at radius 3 is 2.74 bits per heavy atom. The summed E-state index contributed by atoms with van der Waals surface area (Å²) >= 11 is 0. The van der Waals surface area contributed by atoms with Crippen molar-refractivity contribution >= 4 is 11.8 Å². The number of pyridine rings is 1. The fourth-order valence-electron chi connectivity index (χ4n) is 3.96. The number of fused-ring (bicyclic) bond motifs is 1. The normalized spacial score (nSPS) is 20.7. The minimum atomic E-state index is -0.395. The molecule has 0 radical (unpaired) electrons. The molecule has 0 unspecified atom stereocenters. The number of amides is 2. The molecule has 3 atom stereocenters. The van der Waals surface area contributed by atoms with Gasteiger partial charge in [-0.1, -0.05) is 37.0 Å². The van der Waals surface area contributed by atoms with Crippen LogP contribution in [0, 0.1) is 23.7 Å². The number of likely N-dealkylation sites (N-methyl/N-ethyl adjacent to an activating group) is 1. The molecule has 178 valence electrons. The standard InChI is InChI=1S/C27H31N3O4/c1-18-15-30(19(2)17-31)27(33)23-13-21(12-11-20-9-10-20)14-28-25(23)34-24(18)16-29(3)26(32)22-7-5-4-6-8-22/h4-8,13-14,18-20,24,31H,9-10,15-17H2,1-3H3/t18-,19+,24-/m0/s1. The van der Waals surface area contributed by atoms with E-state index >= 15 is 0 Å². The quantitative estimate of drug-likeness (QED) is 0.693. The number of ether oxygens (including phenoxy) is 1. The largest absolute Gasteiger partial charge is 0.472 e. The lowest BCUT2D eigenvalue weighted by Gasteiger charge is -2.37. The number of nitrogens with zero attached hydrogens (tertiary/aromatic N) is 3. The first-order valence-corrected chi connectivity index (χ1v) is 11.8. The molecule has 7 nitrogen and oxygen atoms in total. The summed E-state index contributed by atoms with van der Waals surface area (Å²) < 4.78 is 6.27. The number of benzene rings is 1. The van der Waals surface area contributed by atoms with E-state index in [0.717, 1.165) is 12.8 Å². The number of aliphatic hydroxyl groups excluding tert-OH is 1. The predicted octanol–water partition coefficient (Wildman–Crippen LogP) is 2.84. The Balaban J connectivity index is 1.63. The van der Waals surface area contributed by atoms with Gasteiger partial charge >= 0.3 is 0 Å². The Labute approximate surface area is 200 Å². The van der Waals surface area contributed by atoms with Gasteiger partial charge in [-0.05, 0) is 38.0 Å². The van der Waals surface area contributed by atoms with Crippen molar-refractivity contribution in [1.82, 2.24) is 14.8 Å². The third-order valence-corrected chi connectivity index (χ3v) is 6.34. The molecule has 1 aliphatic carbocycles. The SMILES string of the molecule is C[C@H](CO)N1C[C@H](C)[C@H](CN(C)C(=O)c2ccccc2)Oc2ncc(C#CC3CC3)cc2C1=O. The molecule has 34 heavy (non-hydrogen) atoms. The summed E-state index contributed by atoms with van der Waals surface area (Å²) in [6.45, 7) is 4.36. The fourth-order valence-corrected chi connectivity index (χ4v) is 3.96. The van der Waals surface area contributed by atoms with Crippen LogP contribution in [0.3, 0.4) is 0 Å². The van der Waals surface area contributed by atoms with E-state index in [1.807, 2.05) is 32.0 Å². The zero-order valence-corrected chi connectivity index (χ0v) is 19.9. The van der Waals surface area contributed by atoms with Gasteiger partial charge < -0.3 is 19.6 Å². The summed E-state index contributed by atoms with van der Waals surface area (Å²) in [6, 6.07) is 10.5. The highest BCUT2D eigenvalue weighted by Crippen LogP contribution is 2.29. The average molecular weight is 462 g/mol. The number of aliphatic hydroxyl groups is 1. The molecular formula is C27H31N3O4. The van der Waals surface area contributed by atoms with Crippen LogP contribution in [0.5, 0.6) is 5.88 Å². The van der Waals surface area contributed by atoms with Crippen LogP contribution in [-0.4, -0.2) is 70.6 Å². The van der Waals surface area contributed by atoms with E-state index in [1.165, 1.54) is 0 Å². The van der Waals surface area contributed by atoms with Gasteiger partial charge in [0.05, 0.1) is 19.2 Å². The lowest BCUT2D eigenvalue weighted by atomic mass is 9.99. The molecular weight excluding hydrogens is 430 g/mol. The van der Waals surface area contributed by atoms with Crippen LogP contribution in [0.1, 0.15) is 53.0 Å². The lowest BCUT2D eigenvalue weighted by Crippen LogP contribution is -2.50. The van der Waals surface area contributed by atoms with Crippen molar-refractivity contribution in [2.24, 2.45) is 11.8 Å². The Morgan fingerprint density at radius 1 is 1.32 bits per heavy atom. The minimum Gasteiger partial charge on any atom is -0.472 e. The lowest BCUT2D eigenvalue weighted by molar-refractivity contribution is 0.0313. The van der Waals surface area contributed by atoms with Crippen molar-refractivity contribution < 1.29 is 19.4 Å². The zero-order valence-electron chi connectivity index (χ0n) is 19.9. The monoisotopic (exact) mass is 461 g/mol. The molecule has 2 amide bonds. The second kappa shape index (κ2) is 10.3. The maximum absolute atomic E-state index is 13.4. The van der Waals surface area contributed by atoms with Gasteiger partial charge in [-0.25, -0.2) is 4.98 Å². The zero-order chi connectivity index (χ0) is 24.2. The van der Waals surface area contributed by atoms with Gasteiger partial charge in [0.25, 0.3) is 11.8 Å². The number of carbonyl (C=O) groups is 2. The van der Waals surface area contributed by atoms with Crippen LogP contribution >= 0.6 is 0 Å². The average Bonchev–Trinajstić information content (AvgIpc) is 3.69. The summed E-state index contributed by atoms with van der Waals surface area (Å²) in [5.74, 6) is 6.53. The highest BCUT2D eigenvalue weighted by Gasteiger charge is 2.34. The molecule has 0 bridgehead atoms. The summed E-state index contributed by atoms with van der Waals surface area (Å²) in [6.07, 6.45) is 3.46. The summed E-state index contributed by atoms with van der Waals surface area (Å²) in [4.78, 5) is 34.1. The maximum atomic E-state index is 13.4. The topological polar surface area (TPSA) is 83.0 Å². The summed E-state index contributed by atoms with van der Waals surface area (Å²) in [5.41, 5.74) is 1.60. The van der Waals surface area contributed by atoms with Crippen LogP contribution in [0.15, 0.2) is 42.6 Å². The molecule has 1 saturated carbocycles. The Kier molecular flexibility index (Phi) is 7.18. The van der Waals surface area contributed by atoms with Crippen LogP contribution < -0.4 is 4.74 Å². The molecule has 1 aliphatic heterocycles. The number of carbonyl (C=O) groups excluding carboxylic acids is 2. The molecule has 2 aliphatic rings. The van der Waals surface area contributed by atoms with Crippen LogP contribution in [0.25, 0.3) is 0 Å². The number of hydrogen-bond donors (Lipinski definition) is 1. The molecule has 1 aromatic heterocycles. The molecule has 0 saturated heterocycles. The molecule has 7 heteroatoms. The minimum absolute atomic E-state index is 0.103. The smallest absolute Gasteiger partial charge is 0.259 e. The van der Waals surface area contributed by atoms with Gasteiger partial charge in [0.1, 0.15) is 11.7 Å². The first kappa shape index (κ1) is 23.8. The molecule has 1 aromatic carbocycles. The van der Waals surface area contributed by atoms with E-state index in [0.29, 0.717) is 35.7 Å². The van der Waals surface area contributed by atoms with Gasteiger partial charge in [-0.2, -0.15) is 0 Å². The van der Waals surface area contributed by atoms with Gasteiger partial charge in [-0.3, -0.25) is 9.59 Å². The second-order valence-corrected chi connectivity index (χ2v) is 9.29. The van der Waals surface area contributed by atoms with Crippen molar-refractivity contribution in [1.29, 1.82) is 0 Å². The Morgan fingerprint density at radius 2 is 2.06 bits per heavy atom. The predicted molar refractivity (Wildman–Crippen MR) is 128 cm³/mol. The van der Waals surface area contributed by atoms with Gasteiger partial charge in [0.15, 0.2) is 0 Å². The molecule has 2 aromatic rings. The van der Waals surface area contributed by atoms with E-state index in [1.54, 1.807) is 41.2 Å². The molecule has 1 fully saturated rings. The van der Waals surface area contributed by atoms with Gasteiger partial charge in [0.2, 0.25) is 5.88 Å². The summed E-state index contributed by atoms with van der Waals surface area (Å²) in [7, 11) is 1.74. The number of aromatic nitrogens is 1. The first-order chi connectivity index (χ1) is 16.4. The second-order valence-electron chi connectivity index (χ2n) is 9.29. The number of hydrogen-bond acceptors (Lipinski definition) is 5. The van der Waals surface area contributed by atoms with Crippen molar-refractivity contribution in [3.05, 3.63) is 59.3 Å². The molecule has 1 N–H and O–H groups in total. The highest BCUT2D eigenvalue weighted by molar-refractivity contribution is 5.97. The van der Waals surface area contributed by atoms with E-state index in [9.17, 15) is 14.7 Å². The van der Waals surface area contributed by atoms with Crippen LogP contribution in [0.2, 0.25) is 0 Å². The third-order valence-electron chi connectivity index (χ3n) is 6.34. The van der Waals surface area contributed by atoms with E-state index in [2.05, 4.69) is 16.8 Å². The van der Waals surface area contributed by atoms with Gasteiger partial charge in [0, 0.05) is 42.8 Å². The van der Waals surface area contributed by atoms with E-state index in [-0.39, 0.29) is 36.3 Å². The molecule has 2 heterocycles. The third kappa shape index (κ3) is 5.40. The highest BCUT2D eigenvalue weighted by atomic mass is 16.5. The molecule has 4 rings (SSSR count). The Hall–Kier alpha value is -3.37. The molecule has 0 spiro atoms. The number of rotatable bonds is 5. The first-order valence-electron chi connectivity index (χ1n) is 11.8. The van der Waals surface area contributed by atoms with E-state index in [4.69, 9.17) is 4.74 Å². The Bertz CT molecular complexity index is 1100. The van der Waals surface area contributed by atoms with Crippen molar-refractivity contribution in [2.75, 3.05) is 26.7 Å². The van der Waals surface area contributed by atoms with Crippen molar-refractivity contribution in [3.63, 3.8) is 0 Å². The van der Waals surface area contributed by atoms with Crippen LogP contribution in [-0.2, 0) is 0 Å². The fraction of sp³-hybridized carbons (Fsp3) is 0.444.